The maximum atomic E-state index is 11.4. The lowest BCUT2D eigenvalue weighted by Crippen LogP contribution is -2.10. The Kier molecular flexibility index (Phi) is 4.21. The Bertz CT molecular complexity index is 957. The predicted octanol–water partition coefficient (Wildman–Crippen LogP) is 5.63. The van der Waals surface area contributed by atoms with E-state index in [1.165, 1.54) is 11.1 Å². The van der Waals surface area contributed by atoms with Gasteiger partial charge in [-0.15, -0.1) is 0 Å². The van der Waals surface area contributed by atoms with Crippen molar-refractivity contribution in [1.29, 1.82) is 0 Å². The van der Waals surface area contributed by atoms with Crippen LogP contribution in [-0.4, -0.2) is 11.1 Å². The summed E-state index contributed by atoms with van der Waals surface area (Å²) in [4.78, 5) is 11.4. The van der Waals surface area contributed by atoms with Crippen molar-refractivity contribution in [3.8, 4) is 22.6 Å². The van der Waals surface area contributed by atoms with Crippen LogP contribution in [-0.2, 0) is 11.2 Å². The van der Waals surface area contributed by atoms with E-state index in [-0.39, 0.29) is 0 Å². The summed E-state index contributed by atoms with van der Waals surface area (Å²) in [6, 6.07) is 22.1. The first-order valence-corrected chi connectivity index (χ1v) is 8.88. The average Bonchev–Trinajstić information content (AvgIpc) is 2.67. The lowest BCUT2D eigenvalue weighted by Gasteiger charge is -2.22. The third-order valence-electron chi connectivity index (χ3n) is 5.02. The largest absolute Gasteiger partial charge is 0.481 e. The Balaban J connectivity index is 1.71. The number of fused-ring (bicyclic) bond motifs is 2. The number of carbonyl (C=O) groups is 1. The van der Waals surface area contributed by atoms with Crippen LogP contribution in [0.15, 0.2) is 66.7 Å². The number of ether oxygens (including phenoxy) is 1. The smallest absolute Gasteiger partial charge is 0.310 e. The molecule has 0 spiro atoms. The molecular weight excluding hydrogens is 324 g/mol. The molecular formula is C23H20O3. The van der Waals surface area contributed by atoms with Crippen LogP contribution in [0.3, 0.4) is 0 Å². The summed E-state index contributed by atoms with van der Waals surface area (Å²) in [6.07, 6.45) is 1.41. The van der Waals surface area contributed by atoms with Crippen molar-refractivity contribution in [1.82, 2.24) is 0 Å². The van der Waals surface area contributed by atoms with Gasteiger partial charge in [0.2, 0.25) is 0 Å². The molecule has 1 N–H and O–H groups in total. The van der Waals surface area contributed by atoms with Gasteiger partial charge in [-0.3, -0.25) is 4.79 Å². The van der Waals surface area contributed by atoms with Crippen molar-refractivity contribution in [3.05, 3.63) is 83.4 Å². The molecule has 0 radical (unpaired) electrons. The van der Waals surface area contributed by atoms with E-state index < -0.39 is 11.9 Å². The minimum absolute atomic E-state index is 0.455. The standard InChI is InChI=1S/C23H20O3/c1-2-18(23(24)25)15-10-12-16(13-11-15)19-7-5-9-22-20(19)14-17-6-3-4-8-21(17)26-22/h3-13,18H,2,14H2,1H3,(H,24,25). The Labute approximate surface area is 152 Å². The number of carboxylic acid groups (broad SMARTS) is 1. The van der Waals surface area contributed by atoms with Crippen LogP contribution >= 0.6 is 0 Å². The van der Waals surface area contributed by atoms with Crippen molar-refractivity contribution >= 4 is 5.97 Å². The SMILES string of the molecule is CCC(C(=O)O)c1ccc(-c2cccc3c2Cc2ccccc2O3)cc1. The second-order valence-electron chi connectivity index (χ2n) is 6.59. The van der Waals surface area contributed by atoms with E-state index >= 15 is 0 Å². The first-order chi connectivity index (χ1) is 12.7. The van der Waals surface area contributed by atoms with Gasteiger partial charge in [0.05, 0.1) is 5.92 Å². The number of benzene rings is 3. The molecule has 3 aromatic carbocycles. The second kappa shape index (κ2) is 6.68. The molecule has 1 heterocycles. The molecule has 0 aromatic heterocycles. The number of hydrogen-bond acceptors (Lipinski definition) is 2. The van der Waals surface area contributed by atoms with Crippen LogP contribution in [0.4, 0.5) is 0 Å². The fourth-order valence-corrected chi connectivity index (χ4v) is 3.62. The lowest BCUT2D eigenvalue weighted by atomic mass is 9.90. The van der Waals surface area contributed by atoms with Crippen LogP contribution in [0.2, 0.25) is 0 Å². The van der Waals surface area contributed by atoms with Crippen LogP contribution < -0.4 is 4.74 Å². The minimum Gasteiger partial charge on any atom is -0.481 e. The molecule has 0 fully saturated rings. The number of hydrogen-bond donors (Lipinski definition) is 1. The van der Waals surface area contributed by atoms with Gasteiger partial charge in [0.15, 0.2) is 0 Å². The molecule has 3 heteroatoms. The number of rotatable bonds is 4. The summed E-state index contributed by atoms with van der Waals surface area (Å²) >= 11 is 0. The highest BCUT2D eigenvalue weighted by molar-refractivity contribution is 5.77. The zero-order chi connectivity index (χ0) is 18.1. The van der Waals surface area contributed by atoms with Gasteiger partial charge >= 0.3 is 5.97 Å². The molecule has 0 amide bonds. The first-order valence-electron chi connectivity index (χ1n) is 8.88. The Morgan fingerprint density at radius 3 is 2.46 bits per heavy atom. The fraction of sp³-hybridized carbons (Fsp3) is 0.174. The quantitative estimate of drug-likeness (QED) is 0.522. The summed E-state index contributed by atoms with van der Waals surface area (Å²) in [7, 11) is 0. The molecule has 0 saturated carbocycles. The molecule has 0 bridgehead atoms. The topological polar surface area (TPSA) is 46.5 Å². The Morgan fingerprint density at radius 2 is 1.73 bits per heavy atom. The molecule has 4 rings (SSSR count). The van der Waals surface area contributed by atoms with Gasteiger partial charge in [0, 0.05) is 12.0 Å². The van der Waals surface area contributed by atoms with E-state index in [0.29, 0.717) is 6.42 Å². The zero-order valence-electron chi connectivity index (χ0n) is 14.6. The number of carboxylic acids is 1. The van der Waals surface area contributed by atoms with Crippen LogP contribution in [0, 0.1) is 0 Å². The first kappa shape index (κ1) is 16.4. The molecule has 1 aliphatic rings. The molecule has 3 aromatic rings. The highest BCUT2D eigenvalue weighted by atomic mass is 16.5. The van der Waals surface area contributed by atoms with Crippen molar-refractivity contribution in [2.24, 2.45) is 0 Å². The predicted molar refractivity (Wildman–Crippen MR) is 102 cm³/mol. The van der Waals surface area contributed by atoms with E-state index in [0.717, 1.165) is 34.6 Å². The third kappa shape index (κ3) is 2.86. The molecule has 3 nitrogen and oxygen atoms in total. The average molecular weight is 344 g/mol. The third-order valence-corrected chi connectivity index (χ3v) is 5.02. The molecule has 130 valence electrons. The summed E-state index contributed by atoms with van der Waals surface area (Å²) in [6.45, 7) is 1.90. The number of aliphatic carboxylic acids is 1. The van der Waals surface area contributed by atoms with E-state index in [1.54, 1.807) is 0 Å². The van der Waals surface area contributed by atoms with Gasteiger partial charge in [0.1, 0.15) is 11.5 Å². The normalized spacial score (nSPS) is 13.3. The van der Waals surface area contributed by atoms with Crippen molar-refractivity contribution in [3.63, 3.8) is 0 Å². The van der Waals surface area contributed by atoms with Crippen LogP contribution in [0.1, 0.15) is 36.0 Å². The summed E-state index contributed by atoms with van der Waals surface area (Å²) in [5.74, 6) is 0.577. The van der Waals surface area contributed by atoms with E-state index in [1.807, 2.05) is 61.5 Å². The number of para-hydroxylation sites is 1. The zero-order valence-corrected chi connectivity index (χ0v) is 14.6. The Hall–Kier alpha value is -3.07. The van der Waals surface area contributed by atoms with Gasteiger partial charge in [-0.25, -0.2) is 0 Å². The maximum Gasteiger partial charge on any atom is 0.310 e. The minimum atomic E-state index is -0.776. The maximum absolute atomic E-state index is 11.4. The molecule has 1 unspecified atom stereocenters. The van der Waals surface area contributed by atoms with E-state index in [4.69, 9.17) is 4.74 Å². The molecule has 26 heavy (non-hydrogen) atoms. The van der Waals surface area contributed by atoms with Crippen LogP contribution in [0.5, 0.6) is 11.5 Å². The van der Waals surface area contributed by atoms with E-state index in [9.17, 15) is 9.90 Å². The van der Waals surface area contributed by atoms with Gasteiger partial charge in [0.25, 0.3) is 0 Å². The van der Waals surface area contributed by atoms with Crippen LogP contribution in [0.25, 0.3) is 11.1 Å². The van der Waals surface area contributed by atoms with Crippen molar-refractivity contribution in [2.45, 2.75) is 25.7 Å². The van der Waals surface area contributed by atoms with Gasteiger partial charge in [-0.1, -0.05) is 61.5 Å². The second-order valence-corrected chi connectivity index (χ2v) is 6.59. The van der Waals surface area contributed by atoms with Crippen molar-refractivity contribution < 1.29 is 14.6 Å². The van der Waals surface area contributed by atoms with Gasteiger partial charge in [-0.05, 0) is 40.8 Å². The van der Waals surface area contributed by atoms with E-state index in [2.05, 4.69) is 12.1 Å². The van der Waals surface area contributed by atoms with Gasteiger partial charge < -0.3 is 9.84 Å². The molecule has 1 aliphatic heterocycles. The van der Waals surface area contributed by atoms with Gasteiger partial charge in [-0.2, -0.15) is 0 Å². The summed E-state index contributed by atoms with van der Waals surface area (Å²) in [5.41, 5.74) is 5.40. The lowest BCUT2D eigenvalue weighted by molar-refractivity contribution is -0.138. The monoisotopic (exact) mass is 344 g/mol. The molecule has 0 saturated heterocycles. The summed E-state index contributed by atoms with van der Waals surface area (Å²) < 4.78 is 6.07. The molecule has 0 aliphatic carbocycles. The Morgan fingerprint density at radius 1 is 1.00 bits per heavy atom. The summed E-state index contributed by atoms with van der Waals surface area (Å²) in [5, 5.41) is 9.35. The highest BCUT2D eigenvalue weighted by Gasteiger charge is 2.21. The molecule has 1 atom stereocenters. The van der Waals surface area contributed by atoms with Crippen molar-refractivity contribution in [2.75, 3.05) is 0 Å². The fourth-order valence-electron chi connectivity index (χ4n) is 3.62. The highest BCUT2D eigenvalue weighted by Crippen LogP contribution is 2.41.